The van der Waals surface area contributed by atoms with Crippen molar-refractivity contribution in [3.05, 3.63) is 30.7 Å². The summed E-state index contributed by atoms with van der Waals surface area (Å²) in [6.07, 6.45) is 6.33. The Morgan fingerprint density at radius 2 is 2.19 bits per heavy atom. The first-order valence-electron chi connectivity index (χ1n) is 8.51. The number of H-pyrrole nitrogens is 1. The molecule has 1 amide bonds. The van der Waals surface area contributed by atoms with Crippen LogP contribution < -0.4 is 10.6 Å². The van der Waals surface area contributed by atoms with E-state index in [0.717, 1.165) is 19.3 Å². The minimum atomic E-state index is -0.808. The number of aromatic nitrogens is 5. The lowest BCUT2D eigenvalue weighted by Gasteiger charge is -2.41. The number of carbonyl (C=O) groups is 1. The normalized spacial score (nSPS) is 15.5. The molecule has 4 rings (SSSR count). The van der Waals surface area contributed by atoms with E-state index in [9.17, 15) is 9.18 Å². The summed E-state index contributed by atoms with van der Waals surface area (Å²) in [6.45, 7) is 2.48. The van der Waals surface area contributed by atoms with Gasteiger partial charge in [-0.15, -0.1) is 0 Å². The fourth-order valence-corrected chi connectivity index (χ4v) is 3.13. The molecule has 1 fully saturated rings. The molecule has 1 aliphatic rings. The Morgan fingerprint density at radius 1 is 1.35 bits per heavy atom. The maximum atomic E-state index is 13.4. The monoisotopic (exact) mass is 355 g/mol. The van der Waals surface area contributed by atoms with Crippen LogP contribution in [0.5, 0.6) is 0 Å². The lowest BCUT2D eigenvalue weighted by Crippen LogP contribution is -2.57. The summed E-state index contributed by atoms with van der Waals surface area (Å²) in [6, 6.07) is 1.72. The van der Waals surface area contributed by atoms with Crippen LogP contribution in [0, 0.1) is 6.08 Å². The molecule has 0 spiro atoms. The van der Waals surface area contributed by atoms with Gasteiger partial charge in [0.2, 0.25) is 5.91 Å². The van der Waals surface area contributed by atoms with E-state index in [-0.39, 0.29) is 5.91 Å². The smallest absolute Gasteiger partial charge is 0.309 e. The van der Waals surface area contributed by atoms with Crippen LogP contribution in [0.4, 0.5) is 10.2 Å². The zero-order valence-corrected chi connectivity index (χ0v) is 14.2. The maximum Gasteiger partial charge on any atom is 0.309 e. The number of aromatic amines is 1. The molecule has 0 aromatic carbocycles. The Balaban J connectivity index is 1.66. The molecule has 3 aromatic heterocycles. The van der Waals surface area contributed by atoms with E-state index >= 15 is 0 Å². The van der Waals surface area contributed by atoms with Crippen LogP contribution in [0.25, 0.3) is 22.4 Å². The highest BCUT2D eigenvalue weighted by Crippen LogP contribution is 2.35. The number of amides is 1. The molecule has 3 N–H and O–H groups in total. The number of hydrogen-bond donors (Lipinski definition) is 3. The number of likely N-dealkylation sites (N-methyl/N-ethyl adjacent to an activating group) is 1. The van der Waals surface area contributed by atoms with Crippen molar-refractivity contribution < 1.29 is 9.18 Å². The van der Waals surface area contributed by atoms with Crippen LogP contribution in [0.1, 0.15) is 26.2 Å². The Bertz CT molecular complexity index is 967. The molecule has 3 heterocycles. The van der Waals surface area contributed by atoms with Crippen molar-refractivity contribution in [1.82, 2.24) is 30.2 Å². The summed E-state index contributed by atoms with van der Waals surface area (Å²) < 4.78 is 13.4. The van der Waals surface area contributed by atoms with Crippen LogP contribution in [-0.2, 0) is 4.79 Å². The van der Waals surface area contributed by atoms with E-state index in [0.29, 0.717) is 34.8 Å². The zero-order chi connectivity index (χ0) is 18.1. The van der Waals surface area contributed by atoms with Gasteiger partial charge >= 0.3 is 6.08 Å². The largest absolute Gasteiger partial charge is 0.358 e. The molecule has 134 valence electrons. The number of carbonyl (C=O) groups excluding carboxylic acids is 1. The molecule has 0 atom stereocenters. The van der Waals surface area contributed by atoms with Crippen LogP contribution >= 0.6 is 0 Å². The molecule has 0 aliphatic heterocycles. The molecule has 26 heavy (non-hydrogen) atoms. The fourth-order valence-electron chi connectivity index (χ4n) is 3.13. The first-order chi connectivity index (χ1) is 12.6. The fraction of sp³-hybridized carbons (Fsp3) is 0.353. The number of hydrogen-bond acceptors (Lipinski definition) is 6. The molecule has 9 heteroatoms. The zero-order valence-electron chi connectivity index (χ0n) is 14.2. The van der Waals surface area contributed by atoms with Crippen molar-refractivity contribution in [2.24, 2.45) is 0 Å². The second-order valence-corrected chi connectivity index (χ2v) is 6.29. The first-order valence-corrected chi connectivity index (χ1v) is 8.51. The third-order valence-electron chi connectivity index (χ3n) is 4.63. The van der Waals surface area contributed by atoms with Gasteiger partial charge in [-0.1, -0.05) is 0 Å². The van der Waals surface area contributed by atoms with Crippen LogP contribution in [0.15, 0.2) is 24.7 Å². The quantitative estimate of drug-likeness (QED) is 0.604. The third kappa shape index (κ3) is 2.75. The average Bonchev–Trinajstić information content (AvgIpc) is 3.01. The second-order valence-electron chi connectivity index (χ2n) is 6.29. The highest BCUT2D eigenvalue weighted by Gasteiger charge is 2.44. The highest BCUT2D eigenvalue weighted by atomic mass is 19.1. The van der Waals surface area contributed by atoms with E-state index in [2.05, 4.69) is 35.6 Å². The summed E-state index contributed by atoms with van der Waals surface area (Å²) in [5.41, 5.74) is 0.958. The molecule has 0 unspecified atom stereocenters. The Morgan fingerprint density at radius 3 is 2.92 bits per heavy atom. The van der Waals surface area contributed by atoms with Crippen LogP contribution in [-0.4, -0.2) is 42.9 Å². The van der Waals surface area contributed by atoms with Gasteiger partial charge in [-0.3, -0.25) is 4.79 Å². The van der Waals surface area contributed by atoms with Gasteiger partial charge in [0.15, 0.2) is 5.82 Å². The summed E-state index contributed by atoms with van der Waals surface area (Å²) >= 11 is 0. The number of nitrogens with one attached hydrogen (secondary N) is 3. The van der Waals surface area contributed by atoms with Gasteiger partial charge in [0.1, 0.15) is 16.9 Å². The molecule has 1 aliphatic carbocycles. The standard InChI is InChI=1S/C17H18FN7O/c1-2-19-15(26)17(5-3-6-17)25-12-4-7-20-14(23-12)10-8-21-11-9-22-16(18)24-13(10)11/h4,7-9,21H,2-3,5-6H2,1H3,(H,19,26)(H,20,23,25). The van der Waals surface area contributed by atoms with Gasteiger partial charge in [-0.05, 0) is 32.3 Å². The van der Waals surface area contributed by atoms with Crippen molar-refractivity contribution in [3.8, 4) is 11.4 Å². The summed E-state index contributed by atoms with van der Waals surface area (Å²) in [7, 11) is 0. The number of rotatable bonds is 5. The molecule has 8 nitrogen and oxygen atoms in total. The number of halogens is 1. The number of fused-ring (bicyclic) bond motifs is 1. The highest BCUT2D eigenvalue weighted by molar-refractivity contribution is 5.91. The molecule has 0 bridgehead atoms. The van der Waals surface area contributed by atoms with Crippen LogP contribution in [0.3, 0.4) is 0 Å². The van der Waals surface area contributed by atoms with Gasteiger partial charge in [-0.2, -0.15) is 9.37 Å². The van der Waals surface area contributed by atoms with Gasteiger partial charge in [0.25, 0.3) is 0 Å². The second kappa shape index (κ2) is 6.32. The molecule has 0 saturated heterocycles. The van der Waals surface area contributed by atoms with E-state index in [4.69, 9.17) is 0 Å². The molecule has 0 radical (unpaired) electrons. The molecule has 3 aromatic rings. The number of anilines is 1. The van der Waals surface area contributed by atoms with Crippen molar-refractivity contribution in [2.75, 3.05) is 11.9 Å². The lowest BCUT2D eigenvalue weighted by atomic mass is 9.76. The van der Waals surface area contributed by atoms with Crippen LogP contribution in [0.2, 0.25) is 0 Å². The maximum absolute atomic E-state index is 13.4. The average molecular weight is 355 g/mol. The van der Waals surface area contributed by atoms with E-state index in [1.54, 1.807) is 18.5 Å². The Kier molecular flexibility index (Phi) is 3.98. The van der Waals surface area contributed by atoms with Crippen molar-refractivity contribution in [2.45, 2.75) is 31.7 Å². The Labute approximate surface area is 148 Å². The molecular weight excluding hydrogens is 337 g/mol. The minimum Gasteiger partial charge on any atom is -0.358 e. The van der Waals surface area contributed by atoms with Gasteiger partial charge in [0, 0.05) is 18.9 Å². The van der Waals surface area contributed by atoms with Crippen molar-refractivity contribution in [1.29, 1.82) is 0 Å². The topological polar surface area (TPSA) is 108 Å². The molecular formula is C17H18FN7O. The number of nitrogens with zero attached hydrogens (tertiary/aromatic N) is 4. The van der Waals surface area contributed by atoms with Gasteiger partial charge in [0.05, 0.1) is 17.3 Å². The third-order valence-corrected chi connectivity index (χ3v) is 4.63. The Hall–Kier alpha value is -3.10. The summed E-state index contributed by atoms with van der Waals surface area (Å²) in [4.78, 5) is 31.5. The lowest BCUT2D eigenvalue weighted by molar-refractivity contribution is -0.128. The summed E-state index contributed by atoms with van der Waals surface area (Å²) in [5, 5.41) is 6.13. The van der Waals surface area contributed by atoms with E-state index < -0.39 is 11.6 Å². The molecule has 1 saturated carbocycles. The SMILES string of the molecule is CCNC(=O)C1(Nc2ccnc(-c3c[nH]c4cnc(F)nc34)n2)CCC1. The van der Waals surface area contributed by atoms with Gasteiger partial charge < -0.3 is 15.6 Å². The minimum absolute atomic E-state index is 0.0201. The predicted molar refractivity (Wildman–Crippen MR) is 93.8 cm³/mol. The van der Waals surface area contributed by atoms with E-state index in [1.165, 1.54) is 6.20 Å². The predicted octanol–water partition coefficient (Wildman–Crippen LogP) is 2.02. The van der Waals surface area contributed by atoms with Gasteiger partial charge in [-0.25, -0.2) is 15.0 Å². The summed E-state index contributed by atoms with van der Waals surface area (Å²) in [5.74, 6) is 0.919. The van der Waals surface area contributed by atoms with Crippen molar-refractivity contribution >= 4 is 22.8 Å². The van der Waals surface area contributed by atoms with E-state index in [1.807, 2.05) is 6.92 Å². The van der Waals surface area contributed by atoms with Crippen molar-refractivity contribution in [3.63, 3.8) is 0 Å². The first kappa shape index (κ1) is 16.4.